The fourth-order valence-electron chi connectivity index (χ4n) is 2.10. The number of benzene rings is 2. The third-order valence-corrected chi connectivity index (χ3v) is 3.41. The van der Waals surface area contributed by atoms with Crippen LogP contribution in [0.2, 0.25) is 5.02 Å². The Morgan fingerprint density at radius 1 is 1.05 bits per heavy atom. The number of hydrogen-bond donors (Lipinski definition) is 1. The molecule has 4 nitrogen and oxygen atoms in total. The number of rotatable bonds is 4. The highest BCUT2D eigenvalue weighted by Gasteiger charge is 2.07. The topological polar surface area (TPSA) is 46.9 Å². The normalized spacial score (nSPS) is 10.4. The highest BCUT2D eigenvalue weighted by molar-refractivity contribution is 6.30. The van der Waals surface area contributed by atoms with Gasteiger partial charge in [-0.05, 0) is 29.8 Å². The zero-order chi connectivity index (χ0) is 15.4. The number of anilines is 1. The van der Waals surface area contributed by atoms with E-state index in [1.165, 1.54) is 0 Å². The number of amides is 1. The standard InChI is InChI=1S/C17H14ClN3O/c18-14-6-8-15(9-7-14)21-11-10-16(20-21)19-17(22)12-13-4-2-1-3-5-13/h1-11H,12H2,(H,19,20,22). The third kappa shape index (κ3) is 3.54. The van der Waals surface area contributed by atoms with Crippen LogP contribution in [0.3, 0.4) is 0 Å². The number of carbonyl (C=O) groups is 1. The molecule has 22 heavy (non-hydrogen) atoms. The van der Waals surface area contributed by atoms with Gasteiger partial charge in [0.05, 0.1) is 12.1 Å². The summed E-state index contributed by atoms with van der Waals surface area (Å²) < 4.78 is 1.69. The first-order chi connectivity index (χ1) is 10.7. The summed E-state index contributed by atoms with van der Waals surface area (Å²) in [6.45, 7) is 0. The molecule has 1 aromatic heterocycles. The molecule has 3 rings (SSSR count). The van der Waals surface area contributed by atoms with Crippen molar-refractivity contribution in [2.45, 2.75) is 6.42 Å². The van der Waals surface area contributed by atoms with Crippen LogP contribution < -0.4 is 5.32 Å². The van der Waals surface area contributed by atoms with Crippen molar-refractivity contribution in [3.05, 3.63) is 77.4 Å². The minimum absolute atomic E-state index is 0.0902. The van der Waals surface area contributed by atoms with Crippen LogP contribution in [0.15, 0.2) is 66.9 Å². The van der Waals surface area contributed by atoms with Crippen molar-refractivity contribution in [3.63, 3.8) is 0 Å². The van der Waals surface area contributed by atoms with Gasteiger partial charge in [-0.15, -0.1) is 0 Å². The molecule has 0 atom stereocenters. The van der Waals surface area contributed by atoms with E-state index >= 15 is 0 Å². The predicted octanol–water partition coefficient (Wildman–Crippen LogP) is 3.71. The van der Waals surface area contributed by atoms with Crippen molar-refractivity contribution < 1.29 is 4.79 Å². The highest BCUT2D eigenvalue weighted by atomic mass is 35.5. The van der Waals surface area contributed by atoms with Crippen LogP contribution >= 0.6 is 11.6 Å². The van der Waals surface area contributed by atoms with E-state index in [1.54, 1.807) is 29.1 Å². The van der Waals surface area contributed by atoms with E-state index in [0.717, 1.165) is 11.3 Å². The molecule has 2 aromatic carbocycles. The molecule has 0 aliphatic rings. The molecule has 0 unspecified atom stereocenters. The SMILES string of the molecule is O=C(Cc1ccccc1)Nc1ccn(-c2ccc(Cl)cc2)n1. The number of nitrogens with one attached hydrogen (secondary N) is 1. The first-order valence-electron chi connectivity index (χ1n) is 6.86. The van der Waals surface area contributed by atoms with Crippen LogP contribution in [0, 0.1) is 0 Å². The Balaban J connectivity index is 1.66. The first-order valence-corrected chi connectivity index (χ1v) is 7.24. The maximum Gasteiger partial charge on any atom is 0.229 e. The third-order valence-electron chi connectivity index (χ3n) is 3.16. The van der Waals surface area contributed by atoms with E-state index in [-0.39, 0.29) is 5.91 Å². The molecule has 0 aliphatic heterocycles. The van der Waals surface area contributed by atoms with E-state index in [9.17, 15) is 4.79 Å². The van der Waals surface area contributed by atoms with Crippen molar-refractivity contribution in [2.75, 3.05) is 5.32 Å². The fraction of sp³-hybridized carbons (Fsp3) is 0.0588. The largest absolute Gasteiger partial charge is 0.309 e. The minimum atomic E-state index is -0.0902. The van der Waals surface area contributed by atoms with Crippen LogP contribution in [-0.4, -0.2) is 15.7 Å². The Morgan fingerprint density at radius 3 is 2.50 bits per heavy atom. The minimum Gasteiger partial charge on any atom is -0.309 e. The summed E-state index contributed by atoms with van der Waals surface area (Å²) >= 11 is 5.86. The first kappa shape index (κ1) is 14.4. The Bertz CT molecular complexity index is 766. The number of aromatic nitrogens is 2. The van der Waals surface area contributed by atoms with Crippen LogP contribution in [0.1, 0.15) is 5.56 Å². The summed E-state index contributed by atoms with van der Waals surface area (Å²) in [5, 5.41) is 7.80. The second-order valence-electron chi connectivity index (χ2n) is 4.83. The van der Waals surface area contributed by atoms with Gasteiger partial charge in [0.2, 0.25) is 5.91 Å². The predicted molar refractivity (Wildman–Crippen MR) is 87.3 cm³/mol. The Labute approximate surface area is 133 Å². The van der Waals surface area contributed by atoms with E-state index in [4.69, 9.17) is 11.6 Å². The van der Waals surface area contributed by atoms with Crippen LogP contribution in [0.4, 0.5) is 5.82 Å². The van der Waals surface area contributed by atoms with Crippen molar-refractivity contribution in [2.24, 2.45) is 0 Å². The molecular weight excluding hydrogens is 298 g/mol. The van der Waals surface area contributed by atoms with Crippen molar-refractivity contribution in [1.82, 2.24) is 9.78 Å². The summed E-state index contributed by atoms with van der Waals surface area (Å²) in [5.41, 5.74) is 1.85. The summed E-state index contributed by atoms with van der Waals surface area (Å²) in [5.74, 6) is 0.434. The van der Waals surface area contributed by atoms with Gasteiger partial charge in [0.25, 0.3) is 0 Å². The molecule has 0 radical (unpaired) electrons. The van der Waals surface area contributed by atoms with Gasteiger partial charge >= 0.3 is 0 Å². The number of nitrogens with zero attached hydrogens (tertiary/aromatic N) is 2. The van der Waals surface area contributed by atoms with Gasteiger partial charge in [-0.3, -0.25) is 4.79 Å². The smallest absolute Gasteiger partial charge is 0.229 e. The zero-order valence-electron chi connectivity index (χ0n) is 11.7. The number of hydrogen-bond acceptors (Lipinski definition) is 2. The van der Waals surface area contributed by atoms with E-state index in [0.29, 0.717) is 17.3 Å². The average Bonchev–Trinajstić information content (AvgIpc) is 2.97. The van der Waals surface area contributed by atoms with Crippen LogP contribution in [-0.2, 0) is 11.2 Å². The van der Waals surface area contributed by atoms with Gasteiger partial charge in [0.15, 0.2) is 5.82 Å². The van der Waals surface area contributed by atoms with Crippen molar-refractivity contribution in [3.8, 4) is 5.69 Å². The maximum atomic E-state index is 12.0. The fourth-order valence-corrected chi connectivity index (χ4v) is 2.22. The molecule has 0 aliphatic carbocycles. The van der Waals surface area contributed by atoms with E-state index in [2.05, 4.69) is 10.4 Å². The Hall–Kier alpha value is -2.59. The summed E-state index contributed by atoms with van der Waals surface area (Å²) in [6.07, 6.45) is 2.12. The summed E-state index contributed by atoms with van der Waals surface area (Å²) in [4.78, 5) is 12.0. The highest BCUT2D eigenvalue weighted by Crippen LogP contribution is 2.14. The maximum absolute atomic E-state index is 12.0. The second kappa shape index (κ2) is 6.45. The van der Waals surface area contributed by atoms with Gasteiger partial charge in [-0.1, -0.05) is 41.9 Å². The van der Waals surface area contributed by atoms with E-state index < -0.39 is 0 Å². The molecule has 3 aromatic rings. The molecule has 0 saturated heterocycles. The molecule has 0 spiro atoms. The van der Waals surface area contributed by atoms with Gasteiger partial charge in [-0.2, -0.15) is 5.10 Å². The quantitative estimate of drug-likeness (QED) is 0.798. The number of halogens is 1. The van der Waals surface area contributed by atoms with Crippen molar-refractivity contribution >= 4 is 23.3 Å². The molecule has 0 fully saturated rings. The molecule has 1 heterocycles. The molecule has 0 saturated carbocycles. The van der Waals surface area contributed by atoms with Gasteiger partial charge in [0.1, 0.15) is 0 Å². The van der Waals surface area contributed by atoms with Gasteiger partial charge < -0.3 is 5.32 Å². The zero-order valence-corrected chi connectivity index (χ0v) is 12.5. The monoisotopic (exact) mass is 311 g/mol. The lowest BCUT2D eigenvalue weighted by molar-refractivity contribution is -0.115. The molecule has 0 bridgehead atoms. The van der Waals surface area contributed by atoms with Crippen LogP contribution in [0.25, 0.3) is 5.69 Å². The lowest BCUT2D eigenvalue weighted by Gasteiger charge is -2.03. The second-order valence-corrected chi connectivity index (χ2v) is 5.27. The molecule has 1 N–H and O–H groups in total. The van der Waals surface area contributed by atoms with Crippen LogP contribution in [0.5, 0.6) is 0 Å². The lowest BCUT2D eigenvalue weighted by atomic mass is 10.1. The summed E-state index contributed by atoms with van der Waals surface area (Å²) in [7, 11) is 0. The molecular formula is C17H14ClN3O. The Morgan fingerprint density at radius 2 is 1.77 bits per heavy atom. The summed E-state index contributed by atoms with van der Waals surface area (Å²) in [6, 6.07) is 18.7. The Kier molecular flexibility index (Phi) is 4.21. The van der Waals surface area contributed by atoms with Gasteiger partial charge in [-0.25, -0.2) is 4.68 Å². The number of carbonyl (C=O) groups excluding carboxylic acids is 1. The van der Waals surface area contributed by atoms with Crippen molar-refractivity contribution in [1.29, 1.82) is 0 Å². The molecule has 110 valence electrons. The van der Waals surface area contributed by atoms with E-state index in [1.807, 2.05) is 42.5 Å². The molecule has 5 heteroatoms. The average molecular weight is 312 g/mol. The molecule has 1 amide bonds. The van der Waals surface area contributed by atoms with Gasteiger partial charge in [0, 0.05) is 17.3 Å². The lowest BCUT2D eigenvalue weighted by Crippen LogP contribution is -2.14.